The second-order valence-electron chi connectivity index (χ2n) is 8.46. The van der Waals surface area contributed by atoms with E-state index >= 15 is 0 Å². The first-order valence-electron chi connectivity index (χ1n) is 11.2. The fourth-order valence-corrected chi connectivity index (χ4v) is 4.46. The third-order valence-electron chi connectivity index (χ3n) is 6.19. The molecule has 0 aliphatic carbocycles. The van der Waals surface area contributed by atoms with Crippen molar-refractivity contribution in [1.29, 1.82) is 0 Å². The maximum Gasteiger partial charge on any atom is 0.260 e. The maximum atomic E-state index is 14.1. The zero-order valence-electron chi connectivity index (χ0n) is 18.9. The summed E-state index contributed by atoms with van der Waals surface area (Å²) in [7, 11) is 1.98. The lowest BCUT2D eigenvalue weighted by molar-refractivity contribution is 0.0988. The first-order chi connectivity index (χ1) is 16.6. The van der Waals surface area contributed by atoms with Gasteiger partial charge in [-0.05, 0) is 31.5 Å². The molecule has 4 heterocycles. The van der Waals surface area contributed by atoms with Crippen molar-refractivity contribution in [2.24, 2.45) is 0 Å². The number of carbonyl (C=O) groups is 1. The Morgan fingerprint density at radius 2 is 1.62 bits per heavy atom. The molecule has 2 aromatic carbocycles. The molecule has 0 N–H and O–H groups in total. The molecule has 8 nitrogen and oxygen atoms in total. The molecule has 0 saturated carbocycles. The van der Waals surface area contributed by atoms with Gasteiger partial charge in [-0.15, -0.1) is 0 Å². The number of anilines is 2. The van der Waals surface area contributed by atoms with Crippen molar-refractivity contribution in [2.45, 2.75) is 13.3 Å². The molecule has 34 heavy (non-hydrogen) atoms. The van der Waals surface area contributed by atoms with Crippen LogP contribution in [0.4, 0.5) is 11.6 Å². The number of para-hydroxylation sites is 2. The molecule has 0 radical (unpaired) electrons. The smallest absolute Gasteiger partial charge is 0.260 e. The standard InChI is InChI=1S/C26H22N6O2/c1-16-22-18(15-21(29-25(22)34-30-16)17-9-4-3-5-10-17)26(33)32-14-8-13-31(2)23-24(32)28-20-12-7-6-11-19(20)27-23/h3-7,9-12,15H,8,13-14H2,1-2H3. The van der Waals surface area contributed by atoms with E-state index in [0.29, 0.717) is 46.2 Å². The van der Waals surface area contributed by atoms with E-state index in [2.05, 4.69) is 15.0 Å². The molecule has 1 aliphatic rings. The topological polar surface area (TPSA) is 88.3 Å². The maximum absolute atomic E-state index is 14.1. The van der Waals surface area contributed by atoms with Crippen molar-refractivity contribution in [3.05, 3.63) is 71.9 Å². The molecular weight excluding hydrogens is 428 g/mol. The molecule has 3 aromatic heterocycles. The highest BCUT2D eigenvalue weighted by atomic mass is 16.5. The van der Waals surface area contributed by atoms with Gasteiger partial charge in [0.25, 0.3) is 11.6 Å². The highest BCUT2D eigenvalue weighted by Crippen LogP contribution is 2.34. The minimum absolute atomic E-state index is 0.169. The second-order valence-corrected chi connectivity index (χ2v) is 8.46. The third-order valence-corrected chi connectivity index (χ3v) is 6.19. The number of aryl methyl sites for hydroxylation is 1. The fraction of sp³-hybridized carbons (Fsp3) is 0.192. The Morgan fingerprint density at radius 1 is 0.912 bits per heavy atom. The summed E-state index contributed by atoms with van der Waals surface area (Å²) in [6.07, 6.45) is 0.791. The van der Waals surface area contributed by atoms with Gasteiger partial charge >= 0.3 is 0 Å². The minimum Gasteiger partial charge on any atom is -0.357 e. The quantitative estimate of drug-likeness (QED) is 0.387. The van der Waals surface area contributed by atoms with Crippen LogP contribution in [0.1, 0.15) is 22.5 Å². The molecule has 0 unspecified atom stereocenters. The Balaban J connectivity index is 1.55. The SMILES string of the molecule is Cc1noc2nc(-c3ccccc3)cc(C(=O)N3CCCN(C)c4nc5ccccc5nc43)c12. The van der Waals surface area contributed by atoms with Crippen molar-refractivity contribution < 1.29 is 9.32 Å². The van der Waals surface area contributed by atoms with Gasteiger partial charge in [-0.2, -0.15) is 0 Å². The predicted octanol–water partition coefficient (Wildman–Crippen LogP) is 4.63. The van der Waals surface area contributed by atoms with E-state index in [1.54, 1.807) is 4.90 Å². The lowest BCUT2D eigenvalue weighted by Gasteiger charge is -2.23. The Morgan fingerprint density at radius 3 is 2.38 bits per heavy atom. The van der Waals surface area contributed by atoms with Crippen molar-refractivity contribution in [3.63, 3.8) is 0 Å². The van der Waals surface area contributed by atoms with E-state index < -0.39 is 0 Å². The number of benzene rings is 2. The normalized spacial score (nSPS) is 13.8. The summed E-state index contributed by atoms with van der Waals surface area (Å²) >= 11 is 0. The Hall–Kier alpha value is -4.33. The lowest BCUT2D eigenvalue weighted by atomic mass is 10.0. The van der Waals surface area contributed by atoms with Crippen LogP contribution in [0.15, 0.2) is 65.2 Å². The fourth-order valence-electron chi connectivity index (χ4n) is 4.46. The number of hydrogen-bond acceptors (Lipinski definition) is 7. The number of aromatic nitrogens is 4. The summed E-state index contributed by atoms with van der Waals surface area (Å²) in [6.45, 7) is 3.12. The summed E-state index contributed by atoms with van der Waals surface area (Å²) in [5, 5.41) is 4.71. The van der Waals surface area contributed by atoms with Crippen LogP contribution in [-0.4, -0.2) is 46.2 Å². The Bertz CT molecular complexity index is 1550. The molecular formula is C26H22N6O2. The van der Waals surface area contributed by atoms with Crippen LogP contribution < -0.4 is 9.80 Å². The van der Waals surface area contributed by atoms with Crippen LogP contribution in [0.25, 0.3) is 33.4 Å². The van der Waals surface area contributed by atoms with Gasteiger partial charge in [-0.3, -0.25) is 9.69 Å². The zero-order valence-corrected chi connectivity index (χ0v) is 18.9. The molecule has 6 rings (SSSR count). The van der Waals surface area contributed by atoms with Gasteiger partial charge in [-0.1, -0.05) is 47.6 Å². The van der Waals surface area contributed by atoms with Crippen LogP contribution in [0.2, 0.25) is 0 Å². The minimum atomic E-state index is -0.169. The summed E-state index contributed by atoms with van der Waals surface area (Å²) in [6, 6.07) is 19.3. The van der Waals surface area contributed by atoms with Crippen molar-refractivity contribution in [3.8, 4) is 11.3 Å². The summed E-state index contributed by atoms with van der Waals surface area (Å²) in [4.78, 5) is 32.3. The van der Waals surface area contributed by atoms with E-state index in [1.165, 1.54) is 0 Å². The summed E-state index contributed by atoms with van der Waals surface area (Å²) < 4.78 is 5.49. The largest absolute Gasteiger partial charge is 0.357 e. The molecule has 0 spiro atoms. The number of carbonyl (C=O) groups excluding carboxylic acids is 1. The number of rotatable bonds is 2. The van der Waals surface area contributed by atoms with Crippen molar-refractivity contribution >= 4 is 39.7 Å². The molecule has 0 fully saturated rings. The van der Waals surface area contributed by atoms with E-state index in [-0.39, 0.29) is 5.91 Å². The van der Waals surface area contributed by atoms with Crippen LogP contribution in [0.5, 0.6) is 0 Å². The molecule has 1 amide bonds. The zero-order chi connectivity index (χ0) is 23.2. The number of nitrogens with zero attached hydrogens (tertiary/aromatic N) is 6. The van der Waals surface area contributed by atoms with Gasteiger partial charge in [-0.25, -0.2) is 15.0 Å². The number of pyridine rings is 1. The summed E-state index contributed by atoms with van der Waals surface area (Å²) in [5.74, 6) is 1.08. The van der Waals surface area contributed by atoms with Crippen molar-refractivity contribution in [1.82, 2.24) is 20.1 Å². The van der Waals surface area contributed by atoms with E-state index in [1.807, 2.05) is 74.6 Å². The van der Waals surface area contributed by atoms with Gasteiger partial charge in [0.2, 0.25) is 0 Å². The first-order valence-corrected chi connectivity index (χ1v) is 11.2. The lowest BCUT2D eigenvalue weighted by Crippen LogP contribution is -2.32. The van der Waals surface area contributed by atoms with Gasteiger partial charge < -0.3 is 9.42 Å². The highest BCUT2D eigenvalue weighted by molar-refractivity contribution is 6.15. The summed E-state index contributed by atoms with van der Waals surface area (Å²) in [5.41, 5.74) is 4.57. The third kappa shape index (κ3) is 3.26. The van der Waals surface area contributed by atoms with E-state index in [9.17, 15) is 4.79 Å². The molecule has 0 bridgehead atoms. The average molecular weight is 451 g/mol. The monoisotopic (exact) mass is 450 g/mol. The number of fused-ring (bicyclic) bond motifs is 3. The highest BCUT2D eigenvalue weighted by Gasteiger charge is 2.30. The van der Waals surface area contributed by atoms with Crippen molar-refractivity contribution in [2.75, 3.05) is 29.9 Å². The van der Waals surface area contributed by atoms with Crippen LogP contribution >= 0.6 is 0 Å². The predicted molar refractivity (Wildman–Crippen MR) is 131 cm³/mol. The van der Waals surface area contributed by atoms with Gasteiger partial charge in [0, 0.05) is 25.7 Å². The Labute approximate surface area is 195 Å². The molecule has 0 saturated heterocycles. The van der Waals surface area contributed by atoms with Gasteiger partial charge in [0.15, 0.2) is 11.6 Å². The van der Waals surface area contributed by atoms with Crippen LogP contribution in [-0.2, 0) is 0 Å². The van der Waals surface area contributed by atoms with Crippen LogP contribution in [0, 0.1) is 6.92 Å². The number of amides is 1. The van der Waals surface area contributed by atoms with Crippen LogP contribution in [0.3, 0.4) is 0 Å². The van der Waals surface area contributed by atoms with E-state index in [0.717, 1.165) is 29.6 Å². The molecule has 8 heteroatoms. The molecule has 5 aromatic rings. The van der Waals surface area contributed by atoms with Gasteiger partial charge in [0.1, 0.15) is 0 Å². The average Bonchev–Trinajstić information content (AvgIpc) is 3.17. The molecule has 168 valence electrons. The molecule has 0 atom stereocenters. The molecule has 1 aliphatic heterocycles. The number of hydrogen-bond donors (Lipinski definition) is 0. The Kier molecular flexibility index (Phi) is 4.72. The second kappa shape index (κ2) is 7.91. The van der Waals surface area contributed by atoms with Gasteiger partial charge in [0.05, 0.1) is 33.4 Å². The first kappa shape index (κ1) is 20.3. The van der Waals surface area contributed by atoms with E-state index in [4.69, 9.17) is 14.5 Å².